The van der Waals surface area contributed by atoms with Crippen molar-refractivity contribution in [3.05, 3.63) is 0 Å². The molecule has 1 fully saturated rings. The molecule has 0 aliphatic carbocycles. The van der Waals surface area contributed by atoms with E-state index in [0.29, 0.717) is 0 Å². The highest BCUT2D eigenvalue weighted by Crippen LogP contribution is 2.45. The summed E-state index contributed by atoms with van der Waals surface area (Å²) in [6.07, 6.45) is 0. The van der Waals surface area contributed by atoms with E-state index in [1.807, 2.05) is 0 Å². The molecule has 1 unspecified atom stereocenters. The monoisotopic (exact) mass is 219 g/mol. The molecule has 0 N–H and O–H groups in total. The van der Waals surface area contributed by atoms with Gasteiger partial charge in [-0.15, -0.1) is 11.6 Å². The van der Waals surface area contributed by atoms with Gasteiger partial charge in [0, 0.05) is 7.05 Å². The molecule has 1 heterocycles. The van der Waals surface area contributed by atoms with Gasteiger partial charge in [-0.05, 0) is 11.9 Å². The number of rotatable bonds is 0. The predicted molar refractivity (Wildman–Crippen MR) is 44.4 cm³/mol. The van der Waals surface area contributed by atoms with Crippen LogP contribution in [0.2, 0.25) is 0 Å². The van der Waals surface area contributed by atoms with Gasteiger partial charge in [0.1, 0.15) is 4.71 Å². The van der Waals surface area contributed by atoms with Gasteiger partial charge >= 0.3 is 0 Å². The van der Waals surface area contributed by atoms with Crippen molar-refractivity contribution < 1.29 is 4.79 Å². The second kappa shape index (κ2) is 2.63. The third-order valence-electron chi connectivity index (χ3n) is 1.11. The lowest BCUT2D eigenvalue weighted by Gasteiger charge is -2.09. The highest BCUT2D eigenvalue weighted by Gasteiger charge is 2.51. The van der Waals surface area contributed by atoms with Crippen molar-refractivity contribution in [2.45, 2.75) is 9.04 Å². The quantitative estimate of drug-likeness (QED) is 0.459. The first kappa shape index (κ1) is 8.78. The summed E-state index contributed by atoms with van der Waals surface area (Å²) in [7, 11) is 1.58. The Morgan fingerprint density at radius 2 is 2.20 bits per heavy atom. The van der Waals surface area contributed by atoms with Crippen molar-refractivity contribution in [2.24, 2.45) is 0 Å². The first-order chi connectivity index (χ1) is 4.46. The molecule has 1 rings (SSSR count). The molecule has 0 aromatic heterocycles. The van der Waals surface area contributed by atoms with Crippen LogP contribution in [0.15, 0.2) is 0 Å². The van der Waals surface area contributed by atoms with Crippen LogP contribution in [0.25, 0.3) is 0 Å². The highest BCUT2D eigenvalue weighted by molar-refractivity contribution is 8.00. The zero-order valence-electron chi connectivity index (χ0n) is 4.97. The summed E-state index contributed by atoms with van der Waals surface area (Å²) in [6, 6.07) is 0. The Morgan fingerprint density at radius 3 is 2.30 bits per heavy atom. The molecule has 1 saturated heterocycles. The Kier molecular flexibility index (Phi) is 2.31. The van der Waals surface area contributed by atoms with Crippen molar-refractivity contribution in [1.29, 1.82) is 0 Å². The molecular weight excluding hydrogens is 216 g/mol. The standard InChI is InChI=1S/C4H4Cl3NOS/c1-8-3(9)4(6,7)2(5)10-8/h2H,1H3. The van der Waals surface area contributed by atoms with Crippen LogP contribution in [0.4, 0.5) is 0 Å². The van der Waals surface area contributed by atoms with Crippen LogP contribution in [-0.2, 0) is 4.79 Å². The van der Waals surface area contributed by atoms with Crippen molar-refractivity contribution in [2.75, 3.05) is 7.05 Å². The van der Waals surface area contributed by atoms with E-state index in [-0.39, 0.29) is 5.91 Å². The zero-order chi connectivity index (χ0) is 7.94. The third-order valence-corrected chi connectivity index (χ3v) is 3.94. The SMILES string of the molecule is CN1SC(Cl)C(Cl)(Cl)C1=O. The number of amides is 1. The lowest BCUT2D eigenvalue weighted by molar-refractivity contribution is -0.124. The molecule has 1 aliphatic rings. The van der Waals surface area contributed by atoms with Crippen molar-refractivity contribution in [1.82, 2.24) is 4.31 Å². The van der Waals surface area contributed by atoms with E-state index in [1.54, 1.807) is 7.05 Å². The Labute approximate surface area is 77.9 Å². The molecule has 0 spiro atoms. The highest BCUT2D eigenvalue weighted by atomic mass is 35.5. The second-order valence-corrected chi connectivity index (χ2v) is 5.16. The Balaban J connectivity index is 2.85. The summed E-state index contributed by atoms with van der Waals surface area (Å²) in [5.41, 5.74) is 0. The van der Waals surface area contributed by atoms with E-state index in [9.17, 15) is 4.79 Å². The molecule has 0 radical (unpaired) electrons. The van der Waals surface area contributed by atoms with Gasteiger partial charge in [-0.25, -0.2) is 0 Å². The molecule has 1 aliphatic heterocycles. The number of alkyl halides is 3. The molecule has 6 heteroatoms. The largest absolute Gasteiger partial charge is 0.285 e. The van der Waals surface area contributed by atoms with Gasteiger partial charge in [0.2, 0.25) is 4.33 Å². The minimum atomic E-state index is -1.46. The average molecular weight is 221 g/mol. The van der Waals surface area contributed by atoms with E-state index in [2.05, 4.69) is 0 Å². The van der Waals surface area contributed by atoms with Gasteiger partial charge in [0.05, 0.1) is 0 Å². The maximum absolute atomic E-state index is 11.0. The molecule has 0 aromatic carbocycles. The fourth-order valence-corrected chi connectivity index (χ4v) is 2.36. The number of hydrogen-bond donors (Lipinski definition) is 0. The molecule has 2 nitrogen and oxygen atoms in total. The predicted octanol–water partition coefficient (Wildman–Crippen LogP) is 1.85. The van der Waals surface area contributed by atoms with Crippen LogP contribution in [0, 0.1) is 0 Å². The fraction of sp³-hybridized carbons (Fsp3) is 0.750. The van der Waals surface area contributed by atoms with Gasteiger partial charge in [-0.2, -0.15) is 0 Å². The van der Waals surface area contributed by atoms with Crippen molar-refractivity contribution in [3.8, 4) is 0 Å². The zero-order valence-corrected chi connectivity index (χ0v) is 8.06. The van der Waals surface area contributed by atoms with Gasteiger partial charge in [-0.3, -0.25) is 9.10 Å². The number of halogens is 3. The summed E-state index contributed by atoms with van der Waals surface area (Å²) >= 11 is 17.9. The fourth-order valence-electron chi connectivity index (χ4n) is 0.560. The normalized spacial score (nSPS) is 31.4. The van der Waals surface area contributed by atoms with Gasteiger partial charge in [0.15, 0.2) is 0 Å². The van der Waals surface area contributed by atoms with Gasteiger partial charge < -0.3 is 0 Å². The second-order valence-electron chi connectivity index (χ2n) is 1.85. The minimum Gasteiger partial charge on any atom is -0.285 e. The van der Waals surface area contributed by atoms with Gasteiger partial charge in [0.25, 0.3) is 5.91 Å². The summed E-state index contributed by atoms with van der Waals surface area (Å²) in [5.74, 6) is -0.360. The third kappa shape index (κ3) is 1.20. The first-order valence-electron chi connectivity index (χ1n) is 2.43. The lowest BCUT2D eigenvalue weighted by Crippen LogP contribution is -2.31. The van der Waals surface area contributed by atoms with Crippen LogP contribution in [0.5, 0.6) is 0 Å². The summed E-state index contributed by atoms with van der Waals surface area (Å²) in [4.78, 5) is 11.0. The molecule has 0 saturated carbocycles. The Bertz CT molecular complexity index is 174. The number of hydrogen-bond acceptors (Lipinski definition) is 2. The van der Waals surface area contributed by atoms with E-state index < -0.39 is 9.04 Å². The smallest absolute Gasteiger partial charge is 0.271 e. The number of nitrogens with zero attached hydrogens (tertiary/aromatic N) is 1. The Morgan fingerprint density at radius 1 is 1.70 bits per heavy atom. The maximum Gasteiger partial charge on any atom is 0.271 e. The van der Waals surface area contributed by atoms with Crippen LogP contribution in [0.1, 0.15) is 0 Å². The number of carbonyl (C=O) groups is 1. The minimum absolute atomic E-state index is 0.360. The summed E-state index contributed by atoms with van der Waals surface area (Å²) < 4.78 is -0.716. The van der Waals surface area contributed by atoms with Crippen LogP contribution >= 0.6 is 46.8 Å². The molecule has 1 amide bonds. The number of carbonyl (C=O) groups excluding carboxylic acids is 1. The van der Waals surface area contributed by atoms with Crippen LogP contribution < -0.4 is 0 Å². The molecular formula is C4H4Cl3NOS. The van der Waals surface area contributed by atoms with E-state index in [4.69, 9.17) is 34.8 Å². The molecule has 10 heavy (non-hydrogen) atoms. The molecule has 58 valence electrons. The average Bonchev–Trinajstić information content (AvgIpc) is 1.97. The first-order valence-corrected chi connectivity index (χ1v) is 4.46. The molecule has 0 bridgehead atoms. The van der Waals surface area contributed by atoms with E-state index in [0.717, 1.165) is 11.9 Å². The summed E-state index contributed by atoms with van der Waals surface area (Å²) in [6.45, 7) is 0. The van der Waals surface area contributed by atoms with Crippen molar-refractivity contribution in [3.63, 3.8) is 0 Å². The lowest BCUT2D eigenvalue weighted by atomic mass is 10.4. The summed E-state index contributed by atoms with van der Waals surface area (Å²) in [5, 5.41) is 0. The topological polar surface area (TPSA) is 20.3 Å². The van der Waals surface area contributed by atoms with Crippen LogP contribution in [-0.4, -0.2) is 26.3 Å². The van der Waals surface area contributed by atoms with E-state index >= 15 is 0 Å². The van der Waals surface area contributed by atoms with E-state index in [1.165, 1.54) is 4.31 Å². The Hall–Kier alpha value is 0.690. The molecule has 0 aromatic rings. The van der Waals surface area contributed by atoms with Crippen LogP contribution in [0.3, 0.4) is 0 Å². The maximum atomic E-state index is 11.0. The molecule has 1 atom stereocenters. The van der Waals surface area contributed by atoms with Gasteiger partial charge in [-0.1, -0.05) is 23.2 Å². The van der Waals surface area contributed by atoms with Crippen molar-refractivity contribution >= 4 is 52.7 Å².